The lowest BCUT2D eigenvalue weighted by molar-refractivity contribution is 1.28. The van der Waals surface area contributed by atoms with E-state index in [1.54, 1.807) is 18.3 Å². The van der Waals surface area contributed by atoms with Gasteiger partial charge in [0.05, 0.1) is 11.9 Å². The number of hydrazone groups is 1. The van der Waals surface area contributed by atoms with Crippen molar-refractivity contribution >= 4 is 22.4 Å². The number of pyridine rings is 1. The average Bonchev–Trinajstić information content (AvgIpc) is 2.72. The van der Waals surface area contributed by atoms with Crippen molar-refractivity contribution in [3.8, 4) is 12.1 Å². The molecule has 0 saturated carbocycles. The maximum atomic E-state index is 8.52. The highest BCUT2D eigenvalue weighted by Crippen LogP contribution is 2.19. The predicted octanol–water partition coefficient (Wildman–Crippen LogP) is 1.69. The van der Waals surface area contributed by atoms with Crippen LogP contribution in [0.1, 0.15) is 5.56 Å². The molecule has 0 amide bonds. The Hall–Kier alpha value is -2.86. The minimum Gasteiger partial charge on any atom is -0.346 e. The number of hydrogen-bond donors (Lipinski definition) is 2. The van der Waals surface area contributed by atoms with Gasteiger partial charge in [-0.1, -0.05) is 0 Å². The summed E-state index contributed by atoms with van der Waals surface area (Å²) < 4.78 is 0. The molecule has 0 fully saturated rings. The van der Waals surface area contributed by atoms with Crippen LogP contribution >= 0.6 is 0 Å². The van der Waals surface area contributed by atoms with Gasteiger partial charge in [-0.2, -0.15) is 15.6 Å². The van der Waals surface area contributed by atoms with Gasteiger partial charge in [-0.3, -0.25) is 5.43 Å². The van der Waals surface area contributed by atoms with Crippen molar-refractivity contribution in [2.75, 3.05) is 5.43 Å². The number of H-pyrrole nitrogens is 1. The number of aromatic amines is 1. The van der Waals surface area contributed by atoms with Crippen LogP contribution in [0.2, 0.25) is 0 Å². The highest BCUT2D eigenvalue weighted by Gasteiger charge is 2.02. The van der Waals surface area contributed by atoms with Crippen LogP contribution in [-0.2, 0) is 0 Å². The van der Waals surface area contributed by atoms with Gasteiger partial charge in [0.25, 0.3) is 0 Å². The molecule has 2 rings (SSSR count). The molecular weight excluding hydrogens is 216 g/mol. The molecule has 82 valence electrons. The van der Waals surface area contributed by atoms with Crippen molar-refractivity contribution in [1.29, 1.82) is 10.5 Å². The SMILES string of the molecule is Cc1c[nH]c2ncc(NN=C(C#N)C#N)cc12. The van der Waals surface area contributed by atoms with E-state index in [4.69, 9.17) is 10.5 Å². The number of aryl methyl sites for hydroxylation is 1. The zero-order valence-electron chi connectivity index (χ0n) is 9.02. The van der Waals surface area contributed by atoms with Crippen molar-refractivity contribution in [2.24, 2.45) is 5.10 Å². The first-order valence-electron chi connectivity index (χ1n) is 4.82. The second-order valence-corrected chi connectivity index (χ2v) is 3.39. The fourth-order valence-electron chi connectivity index (χ4n) is 1.39. The summed E-state index contributed by atoms with van der Waals surface area (Å²) in [7, 11) is 0. The van der Waals surface area contributed by atoms with E-state index < -0.39 is 0 Å². The van der Waals surface area contributed by atoms with Gasteiger partial charge in [0.15, 0.2) is 0 Å². The molecule has 0 atom stereocenters. The third-order valence-corrected chi connectivity index (χ3v) is 2.25. The van der Waals surface area contributed by atoms with Crippen LogP contribution in [0.3, 0.4) is 0 Å². The maximum absolute atomic E-state index is 8.52. The van der Waals surface area contributed by atoms with Gasteiger partial charge in [-0.05, 0) is 18.6 Å². The molecule has 0 saturated heterocycles. The van der Waals surface area contributed by atoms with Gasteiger partial charge in [-0.15, -0.1) is 0 Å². The van der Waals surface area contributed by atoms with Crippen molar-refractivity contribution in [2.45, 2.75) is 6.92 Å². The molecule has 2 heterocycles. The Balaban J connectivity index is 2.32. The summed E-state index contributed by atoms with van der Waals surface area (Å²) in [4.78, 5) is 7.20. The fourth-order valence-corrected chi connectivity index (χ4v) is 1.39. The summed E-state index contributed by atoms with van der Waals surface area (Å²) >= 11 is 0. The van der Waals surface area contributed by atoms with E-state index in [1.165, 1.54) is 0 Å². The van der Waals surface area contributed by atoms with E-state index >= 15 is 0 Å². The fraction of sp³-hybridized carbons (Fsp3) is 0.0909. The highest BCUT2D eigenvalue weighted by atomic mass is 15.3. The molecule has 0 bridgehead atoms. The van der Waals surface area contributed by atoms with Crippen LogP contribution in [0.25, 0.3) is 11.0 Å². The van der Waals surface area contributed by atoms with Gasteiger partial charge in [0.2, 0.25) is 5.71 Å². The zero-order valence-corrected chi connectivity index (χ0v) is 9.02. The number of nitriles is 2. The highest BCUT2D eigenvalue weighted by molar-refractivity contribution is 6.10. The largest absolute Gasteiger partial charge is 0.346 e. The first kappa shape index (κ1) is 10.7. The molecule has 2 aromatic rings. The standard InChI is InChI=1S/C11H8N6/c1-7-5-14-11-10(7)2-8(6-15-11)16-17-9(3-12)4-13/h2,5-6,16H,1H3,(H,14,15). The van der Waals surface area contributed by atoms with Crippen molar-refractivity contribution in [1.82, 2.24) is 9.97 Å². The van der Waals surface area contributed by atoms with E-state index in [1.807, 2.05) is 19.2 Å². The third kappa shape index (κ3) is 2.06. The molecule has 0 aliphatic rings. The van der Waals surface area contributed by atoms with E-state index in [0.717, 1.165) is 16.6 Å². The number of hydrogen-bond acceptors (Lipinski definition) is 5. The monoisotopic (exact) mass is 224 g/mol. The van der Waals surface area contributed by atoms with Crippen molar-refractivity contribution in [3.63, 3.8) is 0 Å². The number of anilines is 1. The third-order valence-electron chi connectivity index (χ3n) is 2.25. The second kappa shape index (κ2) is 4.33. The Morgan fingerprint density at radius 3 is 2.94 bits per heavy atom. The predicted molar refractivity (Wildman–Crippen MR) is 63.1 cm³/mol. The van der Waals surface area contributed by atoms with Crippen molar-refractivity contribution in [3.05, 3.63) is 24.0 Å². The molecule has 0 radical (unpaired) electrons. The molecule has 0 aromatic carbocycles. The lowest BCUT2D eigenvalue weighted by Crippen LogP contribution is -1.96. The molecule has 2 N–H and O–H groups in total. The Kier molecular flexibility index (Phi) is 2.71. The molecule has 0 aliphatic heterocycles. The summed E-state index contributed by atoms with van der Waals surface area (Å²) in [5, 5.41) is 21.7. The van der Waals surface area contributed by atoms with Gasteiger partial charge in [0, 0.05) is 11.6 Å². The molecule has 0 spiro atoms. The topological polar surface area (TPSA) is 101 Å². The number of aromatic nitrogens is 2. The minimum atomic E-state index is -0.226. The first-order chi connectivity index (χ1) is 8.24. The first-order valence-corrected chi connectivity index (χ1v) is 4.82. The van der Waals surface area contributed by atoms with E-state index in [0.29, 0.717) is 5.69 Å². The summed E-state index contributed by atoms with van der Waals surface area (Å²) in [6.45, 7) is 1.96. The van der Waals surface area contributed by atoms with Gasteiger partial charge >= 0.3 is 0 Å². The Morgan fingerprint density at radius 1 is 1.47 bits per heavy atom. The van der Waals surface area contributed by atoms with Crippen LogP contribution in [-0.4, -0.2) is 15.7 Å². The average molecular weight is 224 g/mol. The van der Waals surface area contributed by atoms with Gasteiger partial charge in [-0.25, -0.2) is 4.98 Å². The summed E-state index contributed by atoms with van der Waals surface area (Å²) in [5.41, 5.74) is 4.88. The van der Waals surface area contributed by atoms with E-state index in [-0.39, 0.29) is 5.71 Å². The van der Waals surface area contributed by atoms with Gasteiger partial charge < -0.3 is 4.98 Å². The summed E-state index contributed by atoms with van der Waals surface area (Å²) in [6.07, 6.45) is 3.44. The smallest absolute Gasteiger partial charge is 0.237 e. The molecule has 0 unspecified atom stereocenters. The number of nitrogens with zero attached hydrogens (tertiary/aromatic N) is 4. The number of rotatable bonds is 2. The lowest BCUT2D eigenvalue weighted by Gasteiger charge is -1.99. The van der Waals surface area contributed by atoms with Crippen LogP contribution in [0.4, 0.5) is 5.69 Å². The Bertz CT molecular complexity index is 651. The summed E-state index contributed by atoms with van der Waals surface area (Å²) in [6, 6.07) is 5.18. The minimum absolute atomic E-state index is 0.226. The molecule has 2 aromatic heterocycles. The Morgan fingerprint density at radius 2 is 2.24 bits per heavy atom. The molecule has 6 heteroatoms. The second-order valence-electron chi connectivity index (χ2n) is 3.39. The summed E-state index contributed by atoms with van der Waals surface area (Å²) in [5.74, 6) is 0. The lowest BCUT2D eigenvalue weighted by atomic mass is 10.2. The number of fused-ring (bicyclic) bond motifs is 1. The molecule has 0 aliphatic carbocycles. The zero-order chi connectivity index (χ0) is 12.3. The van der Waals surface area contributed by atoms with E-state index in [2.05, 4.69) is 20.5 Å². The van der Waals surface area contributed by atoms with Crippen LogP contribution < -0.4 is 5.43 Å². The number of nitrogens with one attached hydrogen (secondary N) is 2. The van der Waals surface area contributed by atoms with Crippen LogP contribution in [0.15, 0.2) is 23.6 Å². The van der Waals surface area contributed by atoms with Crippen LogP contribution in [0, 0.1) is 29.6 Å². The molecule has 6 nitrogen and oxygen atoms in total. The molecule has 17 heavy (non-hydrogen) atoms. The maximum Gasteiger partial charge on any atom is 0.237 e. The molecular formula is C11H8N6. The Labute approximate surface area is 97.2 Å². The van der Waals surface area contributed by atoms with Gasteiger partial charge in [0.1, 0.15) is 17.8 Å². The van der Waals surface area contributed by atoms with E-state index in [9.17, 15) is 0 Å². The van der Waals surface area contributed by atoms with Crippen LogP contribution in [0.5, 0.6) is 0 Å². The van der Waals surface area contributed by atoms with Crippen molar-refractivity contribution < 1.29 is 0 Å². The normalized spacial score (nSPS) is 9.35. The quantitative estimate of drug-likeness (QED) is 0.598.